The molecule has 116 valence electrons. The number of aliphatic carboxylic acids is 1. The van der Waals surface area contributed by atoms with Crippen LogP contribution in [0, 0.1) is 5.92 Å². The Hall–Kier alpha value is -1.26. The van der Waals surface area contributed by atoms with Gasteiger partial charge in [-0.15, -0.1) is 0 Å². The van der Waals surface area contributed by atoms with Crippen molar-refractivity contribution >= 4 is 12.0 Å². The van der Waals surface area contributed by atoms with E-state index in [0.717, 1.165) is 12.8 Å². The van der Waals surface area contributed by atoms with Crippen LogP contribution < -0.4 is 5.32 Å². The molecule has 0 spiro atoms. The molecule has 1 saturated carbocycles. The molecule has 5 nitrogen and oxygen atoms in total. The van der Waals surface area contributed by atoms with Crippen molar-refractivity contribution < 1.29 is 14.7 Å². The third-order valence-electron chi connectivity index (χ3n) is 4.15. The first-order valence-corrected chi connectivity index (χ1v) is 7.73. The summed E-state index contributed by atoms with van der Waals surface area (Å²) in [6.07, 6.45) is 7.92. The maximum absolute atomic E-state index is 12.1. The maximum atomic E-state index is 12.1. The Morgan fingerprint density at radius 3 is 2.40 bits per heavy atom. The Balaban J connectivity index is 2.28. The van der Waals surface area contributed by atoms with Crippen LogP contribution in [-0.2, 0) is 4.79 Å². The largest absolute Gasteiger partial charge is 0.481 e. The number of hydrogen-bond acceptors (Lipinski definition) is 2. The molecule has 0 heterocycles. The summed E-state index contributed by atoms with van der Waals surface area (Å²) in [5, 5.41) is 11.5. The minimum absolute atomic E-state index is 0.0286. The highest BCUT2D eigenvalue weighted by atomic mass is 16.4. The zero-order chi connectivity index (χ0) is 15.0. The monoisotopic (exact) mass is 284 g/mol. The second-order valence-corrected chi connectivity index (χ2v) is 5.98. The highest BCUT2D eigenvalue weighted by Gasteiger charge is 2.21. The van der Waals surface area contributed by atoms with Gasteiger partial charge in [-0.05, 0) is 25.2 Å². The Kier molecular flexibility index (Phi) is 7.41. The molecule has 1 rings (SSSR count). The summed E-state index contributed by atoms with van der Waals surface area (Å²) < 4.78 is 0. The Morgan fingerprint density at radius 2 is 1.85 bits per heavy atom. The number of carbonyl (C=O) groups excluding carboxylic acids is 1. The van der Waals surface area contributed by atoms with E-state index < -0.39 is 5.97 Å². The summed E-state index contributed by atoms with van der Waals surface area (Å²) in [7, 11) is 1.87. The van der Waals surface area contributed by atoms with Gasteiger partial charge in [-0.2, -0.15) is 0 Å². The van der Waals surface area contributed by atoms with Gasteiger partial charge in [0.15, 0.2) is 0 Å². The van der Waals surface area contributed by atoms with E-state index in [1.165, 1.54) is 25.7 Å². The van der Waals surface area contributed by atoms with Gasteiger partial charge in [0.05, 0.1) is 0 Å². The van der Waals surface area contributed by atoms with Gasteiger partial charge in [0.25, 0.3) is 0 Å². The molecule has 1 fully saturated rings. The topological polar surface area (TPSA) is 69.6 Å². The van der Waals surface area contributed by atoms with Crippen molar-refractivity contribution in [1.82, 2.24) is 10.2 Å². The third-order valence-corrected chi connectivity index (χ3v) is 4.15. The van der Waals surface area contributed by atoms with E-state index in [9.17, 15) is 9.59 Å². The van der Waals surface area contributed by atoms with E-state index in [1.54, 1.807) is 0 Å². The summed E-state index contributed by atoms with van der Waals surface area (Å²) in [5.74, 6) is -0.587. The quantitative estimate of drug-likeness (QED) is 0.737. The third kappa shape index (κ3) is 6.26. The second kappa shape index (κ2) is 8.82. The fourth-order valence-electron chi connectivity index (χ4n) is 2.67. The number of rotatable bonds is 6. The van der Waals surface area contributed by atoms with Crippen molar-refractivity contribution in [2.75, 3.05) is 13.6 Å². The molecule has 5 heteroatoms. The molecule has 1 aliphatic carbocycles. The normalized spacial score (nSPS) is 18.1. The van der Waals surface area contributed by atoms with Crippen LogP contribution in [0.3, 0.4) is 0 Å². The highest BCUT2D eigenvalue weighted by Crippen LogP contribution is 2.21. The zero-order valence-corrected chi connectivity index (χ0v) is 12.7. The van der Waals surface area contributed by atoms with Crippen LogP contribution in [0.1, 0.15) is 58.3 Å². The van der Waals surface area contributed by atoms with Crippen LogP contribution in [-0.4, -0.2) is 41.6 Å². The number of nitrogens with one attached hydrogen (secondary N) is 1. The standard InChI is InChI=1S/C15H28N2O3/c1-12(9-10-14(18)19)11-16-15(20)17(2)13-7-5-3-4-6-8-13/h12-13H,3-11H2,1-2H3,(H,16,20)(H,18,19). The molecular formula is C15H28N2O3. The fourth-order valence-corrected chi connectivity index (χ4v) is 2.67. The number of urea groups is 1. The van der Waals surface area contributed by atoms with Gasteiger partial charge < -0.3 is 15.3 Å². The van der Waals surface area contributed by atoms with E-state index in [-0.39, 0.29) is 18.4 Å². The van der Waals surface area contributed by atoms with E-state index in [2.05, 4.69) is 5.32 Å². The number of hydrogen-bond donors (Lipinski definition) is 2. The smallest absolute Gasteiger partial charge is 0.317 e. The lowest BCUT2D eigenvalue weighted by Crippen LogP contribution is -2.44. The van der Waals surface area contributed by atoms with Crippen molar-refractivity contribution in [3.63, 3.8) is 0 Å². The molecule has 0 aliphatic heterocycles. The van der Waals surface area contributed by atoms with Gasteiger partial charge >= 0.3 is 12.0 Å². The van der Waals surface area contributed by atoms with Gasteiger partial charge in [-0.1, -0.05) is 32.6 Å². The first-order chi connectivity index (χ1) is 9.50. The van der Waals surface area contributed by atoms with Crippen LogP contribution in [0.2, 0.25) is 0 Å². The molecule has 0 aromatic rings. The van der Waals surface area contributed by atoms with Crippen LogP contribution in [0.25, 0.3) is 0 Å². The molecule has 1 unspecified atom stereocenters. The summed E-state index contributed by atoms with van der Waals surface area (Å²) in [6.45, 7) is 2.51. The summed E-state index contributed by atoms with van der Waals surface area (Å²) in [5.41, 5.74) is 0. The molecule has 0 aromatic carbocycles. The van der Waals surface area contributed by atoms with Gasteiger partial charge in [-0.3, -0.25) is 4.79 Å². The predicted octanol–water partition coefficient (Wildman–Crippen LogP) is 2.85. The molecule has 0 bridgehead atoms. The van der Waals surface area contributed by atoms with Crippen LogP contribution >= 0.6 is 0 Å². The van der Waals surface area contributed by atoms with Crippen LogP contribution in [0.4, 0.5) is 4.79 Å². The lowest BCUT2D eigenvalue weighted by Gasteiger charge is -2.28. The molecule has 0 radical (unpaired) electrons. The van der Waals surface area contributed by atoms with Gasteiger partial charge in [0, 0.05) is 26.1 Å². The average molecular weight is 284 g/mol. The van der Waals surface area contributed by atoms with E-state index >= 15 is 0 Å². The SMILES string of the molecule is CC(CCC(=O)O)CNC(=O)N(C)C1CCCCCC1. The maximum Gasteiger partial charge on any atom is 0.317 e. The number of carboxylic acid groups (broad SMARTS) is 1. The van der Waals surface area contributed by atoms with Crippen molar-refractivity contribution in [2.45, 2.75) is 64.3 Å². The zero-order valence-electron chi connectivity index (χ0n) is 12.7. The lowest BCUT2D eigenvalue weighted by molar-refractivity contribution is -0.137. The fraction of sp³-hybridized carbons (Fsp3) is 0.867. The Morgan fingerprint density at radius 1 is 1.25 bits per heavy atom. The van der Waals surface area contributed by atoms with E-state index in [4.69, 9.17) is 5.11 Å². The van der Waals surface area contributed by atoms with Crippen LogP contribution in [0.15, 0.2) is 0 Å². The van der Waals surface area contributed by atoms with Gasteiger partial charge in [-0.25, -0.2) is 4.79 Å². The highest BCUT2D eigenvalue weighted by molar-refractivity contribution is 5.74. The number of amides is 2. The van der Waals surface area contributed by atoms with Gasteiger partial charge in [0.2, 0.25) is 0 Å². The molecule has 2 N–H and O–H groups in total. The number of carboxylic acids is 1. The first-order valence-electron chi connectivity index (χ1n) is 7.73. The minimum atomic E-state index is -0.779. The van der Waals surface area contributed by atoms with E-state index in [0.29, 0.717) is 19.0 Å². The first kappa shape index (κ1) is 16.8. The number of nitrogens with zero attached hydrogens (tertiary/aromatic N) is 1. The second-order valence-electron chi connectivity index (χ2n) is 5.98. The average Bonchev–Trinajstić information content (AvgIpc) is 2.70. The summed E-state index contributed by atoms with van der Waals surface area (Å²) >= 11 is 0. The molecule has 0 aromatic heterocycles. The molecule has 0 saturated heterocycles. The molecular weight excluding hydrogens is 256 g/mol. The molecule has 20 heavy (non-hydrogen) atoms. The van der Waals surface area contributed by atoms with Crippen LogP contribution in [0.5, 0.6) is 0 Å². The Bertz CT molecular complexity index is 312. The predicted molar refractivity (Wildman–Crippen MR) is 78.7 cm³/mol. The minimum Gasteiger partial charge on any atom is -0.481 e. The van der Waals surface area contributed by atoms with Crippen molar-refractivity contribution in [1.29, 1.82) is 0 Å². The summed E-state index contributed by atoms with van der Waals surface area (Å²) in [4.78, 5) is 24.4. The van der Waals surface area contributed by atoms with Gasteiger partial charge in [0.1, 0.15) is 0 Å². The van der Waals surface area contributed by atoms with Crippen molar-refractivity contribution in [3.8, 4) is 0 Å². The van der Waals surface area contributed by atoms with Crippen molar-refractivity contribution in [3.05, 3.63) is 0 Å². The molecule has 1 atom stereocenters. The molecule has 1 aliphatic rings. The lowest BCUT2D eigenvalue weighted by atomic mass is 10.1. The molecule has 2 amide bonds. The number of carbonyl (C=O) groups is 2. The van der Waals surface area contributed by atoms with E-state index in [1.807, 2.05) is 18.9 Å². The van der Waals surface area contributed by atoms with Crippen molar-refractivity contribution in [2.24, 2.45) is 5.92 Å². The summed E-state index contributed by atoms with van der Waals surface area (Å²) in [6, 6.07) is 0.325. The Labute approximate surface area is 121 Å².